The summed E-state index contributed by atoms with van der Waals surface area (Å²) < 4.78 is 32.1. The van der Waals surface area contributed by atoms with Crippen LogP contribution in [-0.2, 0) is 4.79 Å². The monoisotopic (exact) mass is 291 g/mol. The Kier molecular flexibility index (Phi) is 3.31. The largest absolute Gasteiger partial charge is 0.482 e. The fourth-order valence-corrected chi connectivity index (χ4v) is 2.18. The maximum absolute atomic E-state index is 13.7. The van der Waals surface area contributed by atoms with Gasteiger partial charge in [0.05, 0.1) is 5.69 Å². The Morgan fingerprint density at radius 1 is 1.24 bits per heavy atom. The first-order valence-electron chi connectivity index (χ1n) is 6.25. The summed E-state index contributed by atoms with van der Waals surface area (Å²) in [5.74, 6) is -1.97. The molecule has 0 saturated carbocycles. The van der Waals surface area contributed by atoms with Gasteiger partial charge in [0.15, 0.2) is 18.2 Å². The van der Waals surface area contributed by atoms with Crippen molar-refractivity contribution >= 4 is 11.6 Å². The van der Waals surface area contributed by atoms with Crippen LogP contribution in [0.15, 0.2) is 36.4 Å². The zero-order valence-corrected chi connectivity index (χ0v) is 10.8. The molecule has 6 heteroatoms. The third kappa shape index (κ3) is 2.45. The van der Waals surface area contributed by atoms with Crippen molar-refractivity contribution in [1.82, 2.24) is 0 Å². The van der Waals surface area contributed by atoms with Crippen LogP contribution in [0.3, 0.4) is 0 Å². The van der Waals surface area contributed by atoms with Gasteiger partial charge in [-0.05, 0) is 23.8 Å². The van der Waals surface area contributed by atoms with Crippen LogP contribution in [0.4, 0.5) is 14.5 Å². The summed E-state index contributed by atoms with van der Waals surface area (Å²) in [7, 11) is 0. The second-order valence-corrected chi connectivity index (χ2v) is 4.64. The lowest BCUT2D eigenvalue weighted by atomic mass is 10.00. The summed E-state index contributed by atoms with van der Waals surface area (Å²) in [4.78, 5) is 11.3. The van der Waals surface area contributed by atoms with Gasteiger partial charge in [0.25, 0.3) is 5.91 Å². The number of ether oxygens (including phenoxy) is 1. The molecule has 0 saturated heterocycles. The lowest BCUT2D eigenvalue weighted by molar-refractivity contribution is -0.118. The molecule has 0 bridgehead atoms. The molecule has 1 atom stereocenters. The number of nitrogens with one attached hydrogen (secondary N) is 1. The van der Waals surface area contributed by atoms with Gasteiger partial charge in [-0.2, -0.15) is 0 Å². The lowest BCUT2D eigenvalue weighted by Crippen LogP contribution is -2.25. The zero-order chi connectivity index (χ0) is 15.0. The molecule has 1 aliphatic rings. The molecular weight excluding hydrogens is 280 g/mol. The van der Waals surface area contributed by atoms with E-state index in [1.54, 1.807) is 6.07 Å². The molecule has 2 N–H and O–H groups in total. The Labute approximate surface area is 119 Å². The molecular formula is C15H11F2NO3. The summed E-state index contributed by atoms with van der Waals surface area (Å²) >= 11 is 0. The van der Waals surface area contributed by atoms with Crippen molar-refractivity contribution in [2.45, 2.75) is 6.10 Å². The number of halogens is 2. The molecule has 0 aliphatic carbocycles. The van der Waals surface area contributed by atoms with Crippen molar-refractivity contribution in [2.75, 3.05) is 11.9 Å². The molecule has 3 rings (SSSR count). The third-order valence-electron chi connectivity index (χ3n) is 3.23. The molecule has 1 aliphatic heterocycles. The topological polar surface area (TPSA) is 58.6 Å². The highest BCUT2D eigenvalue weighted by Crippen LogP contribution is 2.33. The molecule has 0 aromatic heterocycles. The Bertz CT molecular complexity index is 718. The van der Waals surface area contributed by atoms with Crippen molar-refractivity contribution in [1.29, 1.82) is 0 Å². The molecule has 4 nitrogen and oxygen atoms in total. The van der Waals surface area contributed by atoms with Crippen LogP contribution in [0, 0.1) is 11.6 Å². The number of benzene rings is 2. The molecule has 1 unspecified atom stereocenters. The highest BCUT2D eigenvalue weighted by molar-refractivity contribution is 5.95. The number of amides is 1. The maximum Gasteiger partial charge on any atom is 0.262 e. The standard InChI is InChI=1S/C15H11F2NO3/c16-10-3-1-2-9(14(10)17)15(20)8-4-5-12-11(6-8)18-13(19)7-21-12/h1-6,15,20H,7H2,(H,18,19). The number of hydrogen-bond acceptors (Lipinski definition) is 3. The average Bonchev–Trinajstić information content (AvgIpc) is 2.48. The van der Waals surface area contributed by atoms with Gasteiger partial charge in [-0.1, -0.05) is 18.2 Å². The first-order valence-corrected chi connectivity index (χ1v) is 6.25. The van der Waals surface area contributed by atoms with Crippen LogP contribution in [0.5, 0.6) is 5.75 Å². The van der Waals surface area contributed by atoms with Crippen LogP contribution in [0.2, 0.25) is 0 Å². The van der Waals surface area contributed by atoms with Gasteiger partial charge in [-0.3, -0.25) is 4.79 Å². The fraction of sp³-hybridized carbons (Fsp3) is 0.133. The Hall–Kier alpha value is -2.47. The predicted octanol–water partition coefficient (Wildman–Crippen LogP) is 2.38. The minimum absolute atomic E-state index is 0.0760. The zero-order valence-electron chi connectivity index (χ0n) is 10.8. The lowest BCUT2D eigenvalue weighted by Gasteiger charge is -2.20. The van der Waals surface area contributed by atoms with Crippen LogP contribution in [0.25, 0.3) is 0 Å². The van der Waals surface area contributed by atoms with Crippen LogP contribution >= 0.6 is 0 Å². The number of hydrogen-bond donors (Lipinski definition) is 2. The van der Waals surface area contributed by atoms with E-state index >= 15 is 0 Å². The van der Waals surface area contributed by atoms with E-state index in [1.165, 1.54) is 24.3 Å². The highest BCUT2D eigenvalue weighted by atomic mass is 19.2. The van der Waals surface area contributed by atoms with Gasteiger partial charge in [0, 0.05) is 5.56 Å². The van der Waals surface area contributed by atoms with E-state index < -0.39 is 17.7 Å². The van der Waals surface area contributed by atoms with Crippen molar-refractivity contribution in [3.8, 4) is 5.75 Å². The molecule has 0 radical (unpaired) electrons. The first-order chi connectivity index (χ1) is 10.1. The van der Waals surface area contributed by atoms with Gasteiger partial charge in [0.1, 0.15) is 11.9 Å². The number of carbonyl (C=O) groups is 1. The molecule has 2 aromatic carbocycles. The fourth-order valence-electron chi connectivity index (χ4n) is 2.18. The normalized spacial score (nSPS) is 14.9. The summed E-state index contributed by atoms with van der Waals surface area (Å²) in [6.07, 6.45) is -1.34. The van der Waals surface area contributed by atoms with Crippen molar-refractivity contribution < 1.29 is 23.4 Å². The second-order valence-electron chi connectivity index (χ2n) is 4.64. The number of aliphatic hydroxyl groups excluding tert-OH is 1. The molecule has 0 fully saturated rings. The van der Waals surface area contributed by atoms with Crippen LogP contribution in [-0.4, -0.2) is 17.6 Å². The quantitative estimate of drug-likeness (QED) is 0.893. The maximum atomic E-state index is 13.7. The van der Waals surface area contributed by atoms with Crippen molar-refractivity contribution in [3.05, 3.63) is 59.2 Å². The van der Waals surface area contributed by atoms with Gasteiger partial charge < -0.3 is 15.2 Å². The van der Waals surface area contributed by atoms with Crippen LogP contribution < -0.4 is 10.1 Å². The Morgan fingerprint density at radius 3 is 2.86 bits per heavy atom. The van der Waals surface area contributed by atoms with E-state index in [0.29, 0.717) is 17.0 Å². The molecule has 108 valence electrons. The predicted molar refractivity (Wildman–Crippen MR) is 71.0 cm³/mol. The summed E-state index contributed by atoms with van der Waals surface area (Å²) in [6.45, 7) is -0.0760. The van der Waals surface area contributed by atoms with Gasteiger partial charge in [-0.25, -0.2) is 8.78 Å². The van der Waals surface area contributed by atoms with Crippen LogP contribution in [0.1, 0.15) is 17.2 Å². The number of anilines is 1. The molecule has 0 spiro atoms. The minimum Gasteiger partial charge on any atom is -0.482 e. The minimum atomic E-state index is -1.34. The van der Waals surface area contributed by atoms with E-state index in [9.17, 15) is 18.7 Å². The second kappa shape index (κ2) is 5.14. The Balaban J connectivity index is 1.98. The average molecular weight is 291 g/mol. The van der Waals surface area contributed by atoms with E-state index in [4.69, 9.17) is 4.74 Å². The van der Waals surface area contributed by atoms with Gasteiger partial charge in [-0.15, -0.1) is 0 Å². The van der Waals surface area contributed by atoms with E-state index in [1.807, 2.05) is 0 Å². The third-order valence-corrected chi connectivity index (χ3v) is 3.23. The number of rotatable bonds is 2. The van der Waals surface area contributed by atoms with E-state index in [2.05, 4.69) is 5.32 Å². The SMILES string of the molecule is O=C1COc2ccc(C(O)c3cccc(F)c3F)cc2N1. The summed E-state index contributed by atoms with van der Waals surface area (Å²) in [5.41, 5.74) is 0.543. The smallest absolute Gasteiger partial charge is 0.262 e. The summed E-state index contributed by atoms with van der Waals surface area (Å²) in [6, 6.07) is 8.17. The van der Waals surface area contributed by atoms with Crippen molar-refractivity contribution in [2.24, 2.45) is 0 Å². The van der Waals surface area contributed by atoms with Gasteiger partial charge >= 0.3 is 0 Å². The molecule has 2 aromatic rings. The van der Waals surface area contributed by atoms with E-state index in [0.717, 1.165) is 6.07 Å². The molecule has 1 amide bonds. The Morgan fingerprint density at radius 2 is 2.05 bits per heavy atom. The number of carbonyl (C=O) groups excluding carboxylic acids is 1. The van der Waals surface area contributed by atoms with Crippen molar-refractivity contribution in [3.63, 3.8) is 0 Å². The summed E-state index contributed by atoms with van der Waals surface area (Å²) in [5, 5.41) is 12.8. The molecule has 21 heavy (non-hydrogen) atoms. The number of fused-ring (bicyclic) bond motifs is 1. The highest BCUT2D eigenvalue weighted by Gasteiger charge is 2.21. The molecule has 1 heterocycles. The van der Waals surface area contributed by atoms with Gasteiger partial charge in [0.2, 0.25) is 0 Å². The van der Waals surface area contributed by atoms with E-state index in [-0.39, 0.29) is 18.1 Å². The number of aliphatic hydroxyl groups is 1. The first kappa shape index (κ1) is 13.5.